The molecule has 0 saturated heterocycles. The van der Waals surface area contributed by atoms with Gasteiger partial charge in [-0.2, -0.15) is 18.3 Å². The Labute approximate surface area is 272 Å². The van der Waals surface area contributed by atoms with Gasteiger partial charge in [-0.25, -0.2) is 18.2 Å². The molecular weight excluding hydrogens is 653 g/mol. The number of aryl methyl sites for hydroxylation is 3. The number of nitrogens with one attached hydrogen (secondary N) is 2. The molecule has 252 valence electrons. The number of pyridine rings is 1. The second-order valence-corrected chi connectivity index (χ2v) is 12.8. The van der Waals surface area contributed by atoms with Gasteiger partial charge >= 0.3 is 12.1 Å². The molecule has 2 aromatic carbocycles. The topological polar surface area (TPSA) is 153 Å². The summed E-state index contributed by atoms with van der Waals surface area (Å²) in [4.78, 5) is 17.1. The zero-order valence-corrected chi connectivity index (χ0v) is 27.1. The van der Waals surface area contributed by atoms with Crippen molar-refractivity contribution in [2.24, 2.45) is 14.1 Å². The number of aromatic amines is 1. The summed E-state index contributed by atoms with van der Waals surface area (Å²) >= 11 is 0. The molecule has 0 aliphatic carbocycles. The molecule has 0 fully saturated rings. The molecule has 6 aromatic rings. The molecule has 0 bridgehead atoms. The number of carboxylic acids is 1. The first-order valence-corrected chi connectivity index (χ1v) is 15.7. The molecular formula is C32H31F3N6O6S. The number of ether oxygens (including phenoxy) is 2. The number of rotatable bonds is 8. The zero-order valence-electron chi connectivity index (χ0n) is 26.3. The molecule has 0 aliphatic heterocycles. The fourth-order valence-corrected chi connectivity index (χ4v) is 6.78. The molecule has 0 amide bonds. The number of anilines is 1. The number of carbonyl (C=O) groups is 1. The second-order valence-electron chi connectivity index (χ2n) is 10.7. The second kappa shape index (κ2) is 12.9. The summed E-state index contributed by atoms with van der Waals surface area (Å²) in [7, 11) is 3.06. The number of methoxy groups -OCH3 is 2. The average Bonchev–Trinajstić information content (AvgIpc) is 3.75. The number of fused-ring (bicyclic) bond motifs is 2. The smallest absolute Gasteiger partial charge is 0.490 e. The van der Waals surface area contributed by atoms with Gasteiger partial charge in [-0.1, -0.05) is 17.7 Å². The largest absolute Gasteiger partial charge is 0.493 e. The van der Waals surface area contributed by atoms with Gasteiger partial charge in [0.1, 0.15) is 11.5 Å². The van der Waals surface area contributed by atoms with Crippen LogP contribution in [0, 0.1) is 6.92 Å². The van der Waals surface area contributed by atoms with Gasteiger partial charge < -0.3 is 29.4 Å². The Morgan fingerprint density at radius 1 is 0.979 bits per heavy atom. The Bertz CT molecular complexity index is 2220. The van der Waals surface area contributed by atoms with E-state index in [1.807, 2.05) is 42.9 Å². The van der Waals surface area contributed by atoms with Gasteiger partial charge in [0.25, 0.3) is 0 Å². The normalized spacial score (nSPS) is 12.4. The molecule has 4 heterocycles. The van der Waals surface area contributed by atoms with E-state index in [0.717, 1.165) is 27.7 Å². The summed E-state index contributed by atoms with van der Waals surface area (Å²) in [6.07, 6.45) is 0.179. The maximum atomic E-state index is 14.2. The number of carboxylic acid groups (broad SMARTS) is 1. The van der Waals surface area contributed by atoms with Crippen molar-refractivity contribution in [3.63, 3.8) is 0 Å². The highest BCUT2D eigenvalue weighted by Crippen LogP contribution is 2.40. The number of nitrogens with zero attached hydrogens (tertiary/aromatic N) is 4. The third-order valence-corrected chi connectivity index (χ3v) is 9.56. The van der Waals surface area contributed by atoms with Gasteiger partial charge in [0.05, 0.1) is 30.8 Å². The monoisotopic (exact) mass is 684 g/mol. The molecule has 1 atom stereocenters. The Kier molecular flexibility index (Phi) is 9.13. The van der Waals surface area contributed by atoms with Gasteiger partial charge in [-0.3, -0.25) is 4.68 Å². The number of benzene rings is 2. The predicted molar refractivity (Wildman–Crippen MR) is 173 cm³/mol. The zero-order chi connectivity index (χ0) is 35.0. The number of hydrogen-bond donors (Lipinski definition) is 3. The Balaban J connectivity index is 0.000000582. The molecule has 1 unspecified atom stereocenters. The van der Waals surface area contributed by atoms with Crippen LogP contribution in [0.1, 0.15) is 16.5 Å². The third-order valence-electron chi connectivity index (χ3n) is 7.64. The number of aromatic nitrogens is 5. The van der Waals surface area contributed by atoms with Crippen molar-refractivity contribution in [2.75, 3.05) is 19.5 Å². The maximum absolute atomic E-state index is 14.2. The molecule has 6 rings (SSSR count). The summed E-state index contributed by atoms with van der Waals surface area (Å²) in [5, 5.41) is 15.1. The number of aliphatic carboxylic acids is 1. The summed E-state index contributed by atoms with van der Waals surface area (Å²) < 4.78 is 74.7. The Hall–Kier alpha value is -5.51. The molecule has 0 aliphatic rings. The van der Waals surface area contributed by atoms with E-state index in [2.05, 4.69) is 20.4 Å². The van der Waals surface area contributed by atoms with Crippen LogP contribution < -0.4 is 14.8 Å². The molecule has 0 spiro atoms. The van der Waals surface area contributed by atoms with Gasteiger partial charge in [0.2, 0.25) is 9.84 Å². The van der Waals surface area contributed by atoms with Crippen LogP contribution >= 0.6 is 0 Å². The number of hydrogen-bond acceptors (Lipinski definition) is 8. The van der Waals surface area contributed by atoms with Gasteiger partial charge in [0, 0.05) is 66.2 Å². The van der Waals surface area contributed by atoms with Crippen LogP contribution in [-0.2, 0) is 28.7 Å². The molecule has 3 N–H and O–H groups in total. The van der Waals surface area contributed by atoms with Crippen molar-refractivity contribution in [3.05, 3.63) is 84.3 Å². The minimum Gasteiger partial charge on any atom is -0.493 e. The van der Waals surface area contributed by atoms with Gasteiger partial charge in [-0.05, 0) is 37.3 Å². The van der Waals surface area contributed by atoms with Crippen LogP contribution in [0.4, 0.5) is 19.0 Å². The fourth-order valence-electron chi connectivity index (χ4n) is 5.18. The lowest BCUT2D eigenvalue weighted by Gasteiger charge is -2.21. The summed E-state index contributed by atoms with van der Waals surface area (Å²) in [5.74, 6) is -0.931. The van der Waals surface area contributed by atoms with Crippen LogP contribution in [0.5, 0.6) is 11.5 Å². The first-order chi connectivity index (χ1) is 22.6. The fraction of sp³-hybridized carbons (Fsp3) is 0.219. The van der Waals surface area contributed by atoms with Gasteiger partial charge in [-0.15, -0.1) is 0 Å². The van der Waals surface area contributed by atoms with Crippen LogP contribution in [-0.4, -0.2) is 64.2 Å². The van der Waals surface area contributed by atoms with Crippen LogP contribution in [0.15, 0.2) is 78.1 Å². The number of H-pyrrole nitrogens is 1. The molecule has 0 radical (unpaired) electrons. The first-order valence-electron chi connectivity index (χ1n) is 14.2. The highest BCUT2D eigenvalue weighted by molar-refractivity contribution is 7.91. The lowest BCUT2D eigenvalue weighted by molar-refractivity contribution is -0.192. The highest BCUT2D eigenvalue weighted by atomic mass is 32.2. The van der Waals surface area contributed by atoms with Crippen molar-refractivity contribution in [3.8, 4) is 22.8 Å². The minimum absolute atomic E-state index is 0.221. The summed E-state index contributed by atoms with van der Waals surface area (Å²) in [6, 6.07) is 16.2. The van der Waals surface area contributed by atoms with Crippen LogP contribution in [0.2, 0.25) is 0 Å². The molecule has 0 saturated carbocycles. The Morgan fingerprint density at radius 3 is 2.21 bits per heavy atom. The van der Waals surface area contributed by atoms with E-state index < -0.39 is 27.4 Å². The third kappa shape index (κ3) is 6.51. The predicted octanol–water partition coefficient (Wildman–Crippen LogP) is 6.00. The highest BCUT2D eigenvalue weighted by Gasteiger charge is 2.38. The SMILES string of the molecule is COc1cc2c(-c3cc4c(C(Nc5ccnn5C)S(=O)(=O)c5ccc(C)cc5)ccnc4[nH]3)cn(C)c2cc1OC.O=C(O)C(F)(F)F. The number of alkyl halides is 3. The minimum atomic E-state index is -5.08. The van der Waals surface area contributed by atoms with E-state index in [0.29, 0.717) is 33.9 Å². The molecule has 16 heteroatoms. The van der Waals surface area contributed by atoms with Crippen molar-refractivity contribution >= 4 is 43.6 Å². The van der Waals surface area contributed by atoms with Crippen molar-refractivity contribution in [2.45, 2.75) is 23.4 Å². The lowest BCUT2D eigenvalue weighted by atomic mass is 10.1. The van der Waals surface area contributed by atoms with E-state index in [1.165, 1.54) is 0 Å². The van der Waals surface area contributed by atoms with Crippen molar-refractivity contribution < 1.29 is 41.0 Å². The Morgan fingerprint density at radius 2 is 1.62 bits per heavy atom. The van der Waals surface area contributed by atoms with Crippen LogP contribution in [0.3, 0.4) is 0 Å². The van der Waals surface area contributed by atoms with Gasteiger partial charge in [0.15, 0.2) is 16.9 Å². The lowest BCUT2D eigenvalue weighted by Crippen LogP contribution is -2.23. The summed E-state index contributed by atoms with van der Waals surface area (Å²) in [5.41, 5.74) is 4.80. The molecule has 12 nitrogen and oxygen atoms in total. The van der Waals surface area contributed by atoms with E-state index in [-0.39, 0.29) is 4.90 Å². The average molecular weight is 685 g/mol. The standard InChI is InChI=1S/C30H30N6O4S.C2HF3O2/c1-18-6-8-19(9-7-18)41(37,38)30(34-28-11-13-32-36(28)3)20-10-12-31-29-22(20)14-24(33-29)23-17-35(2)25-16-27(40-5)26(39-4)15-21(23)25;3-2(4,5)1(6)7/h6-17,30,34H,1-5H3,(H,31,33);(H,6,7). The van der Waals surface area contributed by atoms with Crippen molar-refractivity contribution in [1.29, 1.82) is 0 Å². The van der Waals surface area contributed by atoms with Crippen LogP contribution in [0.25, 0.3) is 33.2 Å². The molecule has 48 heavy (non-hydrogen) atoms. The molecule has 4 aromatic heterocycles. The summed E-state index contributed by atoms with van der Waals surface area (Å²) in [6.45, 7) is 1.93. The van der Waals surface area contributed by atoms with E-state index in [9.17, 15) is 21.6 Å². The van der Waals surface area contributed by atoms with E-state index in [4.69, 9.17) is 19.4 Å². The quantitative estimate of drug-likeness (QED) is 0.175. The number of halogens is 3. The maximum Gasteiger partial charge on any atom is 0.490 e. The van der Waals surface area contributed by atoms with E-state index in [1.54, 1.807) is 74.7 Å². The first kappa shape index (κ1) is 33.8. The number of sulfone groups is 1. The van der Waals surface area contributed by atoms with Crippen molar-refractivity contribution in [1.82, 2.24) is 24.3 Å². The van der Waals surface area contributed by atoms with E-state index >= 15 is 0 Å².